The van der Waals surface area contributed by atoms with Gasteiger partial charge in [-0.1, -0.05) is 36.4 Å². The Balaban J connectivity index is 1.96. The Hall–Kier alpha value is -2.60. The molecule has 0 amide bonds. The monoisotopic (exact) mass is 299 g/mol. The second-order valence-corrected chi connectivity index (χ2v) is 6.09. The van der Waals surface area contributed by atoms with Crippen LogP contribution in [0.25, 0.3) is 5.69 Å². The van der Waals surface area contributed by atoms with Crippen molar-refractivity contribution in [3.8, 4) is 5.69 Å². The molecular weight excluding hydrogens is 286 g/mol. The largest absolute Gasteiger partial charge is 0.285 e. The number of sulfonamides is 1. The van der Waals surface area contributed by atoms with Crippen LogP contribution in [0.5, 0.6) is 0 Å². The number of benzene rings is 2. The molecule has 0 unspecified atom stereocenters. The Morgan fingerprint density at radius 3 is 2.19 bits per heavy atom. The molecule has 0 radical (unpaired) electrons. The molecule has 0 aliphatic rings. The van der Waals surface area contributed by atoms with Crippen LogP contribution in [-0.2, 0) is 10.0 Å². The van der Waals surface area contributed by atoms with Gasteiger partial charge in [0.05, 0.1) is 11.1 Å². The fraction of sp³-hybridized carbons (Fsp3) is 0. The lowest BCUT2D eigenvalue weighted by Crippen LogP contribution is -2.15. The van der Waals surface area contributed by atoms with Crippen LogP contribution >= 0.6 is 0 Å². The van der Waals surface area contributed by atoms with Crippen LogP contribution in [0.1, 0.15) is 0 Å². The SMILES string of the molecule is O=S(=O)(Nc1cncn1-c1ccccc1)c1ccccc1. The van der Waals surface area contributed by atoms with Gasteiger partial charge in [0.15, 0.2) is 0 Å². The fourth-order valence-corrected chi connectivity index (χ4v) is 3.02. The van der Waals surface area contributed by atoms with Crippen molar-refractivity contribution in [2.24, 2.45) is 0 Å². The van der Waals surface area contributed by atoms with E-state index in [9.17, 15) is 8.42 Å². The molecule has 6 heteroatoms. The molecule has 0 aliphatic carbocycles. The van der Waals surface area contributed by atoms with Crippen molar-refractivity contribution in [1.82, 2.24) is 9.55 Å². The standard InChI is InChI=1S/C15H13N3O2S/c19-21(20,14-9-5-2-6-10-14)17-15-11-16-12-18(15)13-7-3-1-4-8-13/h1-12,17H. The highest BCUT2D eigenvalue weighted by Crippen LogP contribution is 2.19. The molecule has 5 nitrogen and oxygen atoms in total. The summed E-state index contributed by atoms with van der Waals surface area (Å²) in [5.41, 5.74) is 0.834. The number of nitrogens with zero attached hydrogens (tertiary/aromatic N) is 2. The Labute approximate surface area is 122 Å². The Bertz CT molecular complexity index is 828. The summed E-state index contributed by atoms with van der Waals surface area (Å²) in [5.74, 6) is 0.394. The van der Waals surface area contributed by atoms with E-state index in [2.05, 4.69) is 9.71 Å². The highest BCUT2D eigenvalue weighted by atomic mass is 32.2. The smallest absolute Gasteiger partial charge is 0.263 e. The average Bonchev–Trinajstić information content (AvgIpc) is 2.96. The Morgan fingerprint density at radius 2 is 1.52 bits per heavy atom. The summed E-state index contributed by atoms with van der Waals surface area (Å²) < 4.78 is 28.9. The minimum absolute atomic E-state index is 0.214. The summed E-state index contributed by atoms with van der Waals surface area (Å²) in [6.45, 7) is 0. The molecule has 0 saturated carbocycles. The molecule has 0 atom stereocenters. The number of hydrogen-bond acceptors (Lipinski definition) is 3. The van der Waals surface area contributed by atoms with Crippen molar-refractivity contribution >= 4 is 15.8 Å². The third kappa shape index (κ3) is 2.80. The van der Waals surface area contributed by atoms with Gasteiger partial charge in [0.1, 0.15) is 12.1 Å². The first-order valence-electron chi connectivity index (χ1n) is 6.32. The lowest BCUT2D eigenvalue weighted by molar-refractivity contribution is 0.601. The van der Waals surface area contributed by atoms with E-state index in [1.165, 1.54) is 6.20 Å². The first-order chi connectivity index (χ1) is 10.2. The predicted molar refractivity (Wildman–Crippen MR) is 80.8 cm³/mol. The molecule has 0 aliphatic heterocycles. The lowest BCUT2D eigenvalue weighted by atomic mass is 10.3. The quantitative estimate of drug-likeness (QED) is 0.805. The number of aromatic nitrogens is 2. The van der Waals surface area contributed by atoms with Gasteiger partial charge in [-0.05, 0) is 24.3 Å². The van der Waals surface area contributed by atoms with E-state index >= 15 is 0 Å². The van der Waals surface area contributed by atoms with Crippen molar-refractivity contribution in [3.05, 3.63) is 73.2 Å². The maximum absolute atomic E-state index is 12.3. The van der Waals surface area contributed by atoms with Gasteiger partial charge in [-0.15, -0.1) is 0 Å². The summed E-state index contributed by atoms with van der Waals surface area (Å²) >= 11 is 0. The summed E-state index contributed by atoms with van der Waals surface area (Å²) in [4.78, 5) is 4.23. The van der Waals surface area contributed by atoms with Crippen LogP contribution < -0.4 is 4.72 Å². The third-order valence-corrected chi connectivity index (χ3v) is 4.34. The maximum atomic E-state index is 12.3. The maximum Gasteiger partial charge on any atom is 0.263 e. The van der Waals surface area contributed by atoms with Crippen LogP contribution in [-0.4, -0.2) is 18.0 Å². The van der Waals surface area contributed by atoms with Crippen LogP contribution in [0.4, 0.5) is 5.82 Å². The topological polar surface area (TPSA) is 64.0 Å². The number of para-hydroxylation sites is 1. The molecule has 0 saturated heterocycles. The lowest BCUT2D eigenvalue weighted by Gasteiger charge is -2.10. The average molecular weight is 299 g/mol. The second kappa shape index (κ2) is 5.41. The molecule has 3 aromatic rings. The zero-order valence-electron chi connectivity index (χ0n) is 11.0. The van der Waals surface area contributed by atoms with Crippen molar-refractivity contribution in [3.63, 3.8) is 0 Å². The molecule has 2 aromatic carbocycles. The number of rotatable bonds is 4. The molecule has 21 heavy (non-hydrogen) atoms. The van der Waals surface area contributed by atoms with E-state index in [0.717, 1.165) is 5.69 Å². The number of nitrogens with one attached hydrogen (secondary N) is 1. The zero-order chi connectivity index (χ0) is 14.7. The van der Waals surface area contributed by atoms with E-state index in [1.54, 1.807) is 41.2 Å². The van der Waals surface area contributed by atoms with Crippen LogP contribution in [0.15, 0.2) is 78.1 Å². The zero-order valence-corrected chi connectivity index (χ0v) is 11.9. The number of anilines is 1. The first-order valence-corrected chi connectivity index (χ1v) is 7.81. The van der Waals surface area contributed by atoms with Crippen LogP contribution in [0, 0.1) is 0 Å². The van der Waals surface area contributed by atoms with E-state index in [-0.39, 0.29) is 4.90 Å². The molecule has 3 rings (SSSR count). The summed E-state index contributed by atoms with van der Waals surface area (Å²) in [5, 5.41) is 0. The summed E-state index contributed by atoms with van der Waals surface area (Å²) in [6, 6.07) is 17.6. The highest BCUT2D eigenvalue weighted by Gasteiger charge is 2.16. The minimum Gasteiger partial charge on any atom is -0.285 e. The Morgan fingerprint density at radius 1 is 0.905 bits per heavy atom. The van der Waals surface area contributed by atoms with Gasteiger partial charge in [-0.2, -0.15) is 0 Å². The minimum atomic E-state index is -3.62. The van der Waals surface area contributed by atoms with Gasteiger partial charge >= 0.3 is 0 Å². The van der Waals surface area contributed by atoms with Gasteiger partial charge in [-0.3, -0.25) is 9.29 Å². The number of hydrogen-bond donors (Lipinski definition) is 1. The molecule has 106 valence electrons. The molecule has 0 spiro atoms. The molecule has 1 aromatic heterocycles. The van der Waals surface area contributed by atoms with E-state index in [1.807, 2.05) is 30.3 Å². The first kappa shape index (κ1) is 13.4. The third-order valence-electron chi connectivity index (χ3n) is 2.97. The van der Waals surface area contributed by atoms with Crippen molar-refractivity contribution in [1.29, 1.82) is 0 Å². The van der Waals surface area contributed by atoms with E-state index in [0.29, 0.717) is 5.82 Å². The normalized spacial score (nSPS) is 11.2. The van der Waals surface area contributed by atoms with Crippen LogP contribution in [0.3, 0.4) is 0 Å². The molecule has 1 N–H and O–H groups in total. The van der Waals surface area contributed by atoms with Gasteiger partial charge < -0.3 is 0 Å². The molecule has 1 heterocycles. The van der Waals surface area contributed by atoms with Crippen LogP contribution in [0.2, 0.25) is 0 Å². The summed E-state index contributed by atoms with van der Waals surface area (Å²) in [6.07, 6.45) is 3.05. The van der Waals surface area contributed by atoms with Gasteiger partial charge in [0.25, 0.3) is 10.0 Å². The highest BCUT2D eigenvalue weighted by molar-refractivity contribution is 7.92. The van der Waals surface area contributed by atoms with E-state index < -0.39 is 10.0 Å². The molecular formula is C15H13N3O2S. The van der Waals surface area contributed by atoms with Crippen molar-refractivity contribution in [2.75, 3.05) is 4.72 Å². The second-order valence-electron chi connectivity index (χ2n) is 4.40. The van der Waals surface area contributed by atoms with Gasteiger partial charge in [0.2, 0.25) is 0 Å². The molecule has 0 fully saturated rings. The molecule has 0 bridgehead atoms. The van der Waals surface area contributed by atoms with E-state index in [4.69, 9.17) is 0 Å². The van der Waals surface area contributed by atoms with Crippen molar-refractivity contribution in [2.45, 2.75) is 4.90 Å². The van der Waals surface area contributed by atoms with Gasteiger partial charge in [-0.25, -0.2) is 13.4 Å². The summed E-state index contributed by atoms with van der Waals surface area (Å²) in [7, 11) is -3.62. The predicted octanol–water partition coefficient (Wildman–Crippen LogP) is 2.67. The Kier molecular flexibility index (Phi) is 3.45. The number of imidazole rings is 1. The van der Waals surface area contributed by atoms with Crippen molar-refractivity contribution < 1.29 is 8.42 Å². The fourth-order valence-electron chi connectivity index (χ4n) is 1.96. The van der Waals surface area contributed by atoms with Gasteiger partial charge in [0, 0.05) is 5.69 Å².